The smallest absolute Gasteiger partial charge is 0.262 e. The van der Waals surface area contributed by atoms with Crippen LogP contribution >= 0.6 is 11.8 Å². The van der Waals surface area contributed by atoms with E-state index in [0.29, 0.717) is 11.1 Å². The second-order valence-electron chi connectivity index (χ2n) is 5.21. The van der Waals surface area contributed by atoms with Crippen molar-refractivity contribution in [2.45, 2.75) is 32.6 Å². The van der Waals surface area contributed by atoms with Crippen molar-refractivity contribution in [3.63, 3.8) is 0 Å². The summed E-state index contributed by atoms with van der Waals surface area (Å²) in [5.41, 5.74) is 0.971. The summed E-state index contributed by atoms with van der Waals surface area (Å²) in [6, 6.07) is 6.92. The summed E-state index contributed by atoms with van der Waals surface area (Å²) in [5.74, 6) is 7.39. The molecule has 2 amide bonds. The lowest BCUT2D eigenvalue weighted by atomic mass is 10.1. The summed E-state index contributed by atoms with van der Waals surface area (Å²) in [6.45, 7) is 2.39. The molecular weight excluding hydrogens is 294 g/mol. The van der Waals surface area contributed by atoms with Crippen LogP contribution < -0.4 is 0 Å². The third-order valence-electron chi connectivity index (χ3n) is 3.56. The molecule has 3 nitrogen and oxygen atoms in total. The Balaban J connectivity index is 1.74. The van der Waals surface area contributed by atoms with E-state index in [9.17, 15) is 9.59 Å². The molecule has 0 bridgehead atoms. The maximum Gasteiger partial charge on any atom is 0.262 e. The van der Waals surface area contributed by atoms with Crippen LogP contribution in [0.15, 0.2) is 24.3 Å². The number of hydrogen-bond donors (Lipinski definition) is 0. The van der Waals surface area contributed by atoms with Crippen molar-refractivity contribution in [3.8, 4) is 11.8 Å². The number of unbranched alkanes of at least 4 members (excludes halogenated alkanes) is 3. The van der Waals surface area contributed by atoms with E-state index in [2.05, 4.69) is 18.8 Å². The molecule has 1 aliphatic heterocycles. The van der Waals surface area contributed by atoms with Crippen LogP contribution in [-0.2, 0) is 0 Å². The van der Waals surface area contributed by atoms with Crippen LogP contribution in [0.5, 0.6) is 0 Å². The first-order chi connectivity index (χ1) is 10.8. The van der Waals surface area contributed by atoms with Gasteiger partial charge in [0.05, 0.1) is 23.4 Å². The van der Waals surface area contributed by atoms with Gasteiger partial charge in [-0.1, -0.05) is 50.2 Å². The second-order valence-corrected chi connectivity index (χ2v) is 6.31. The zero-order chi connectivity index (χ0) is 15.8. The van der Waals surface area contributed by atoms with Crippen molar-refractivity contribution in [1.82, 2.24) is 4.90 Å². The van der Waals surface area contributed by atoms with E-state index in [1.165, 1.54) is 30.6 Å². The van der Waals surface area contributed by atoms with Gasteiger partial charge in [0.25, 0.3) is 11.8 Å². The molecule has 1 aromatic carbocycles. The molecular formula is C18H21NO2S. The molecule has 22 heavy (non-hydrogen) atoms. The predicted octanol–water partition coefficient (Wildman–Crippen LogP) is 3.60. The van der Waals surface area contributed by atoms with Gasteiger partial charge in [0, 0.05) is 0 Å². The Morgan fingerprint density at radius 2 is 1.68 bits per heavy atom. The van der Waals surface area contributed by atoms with Crippen LogP contribution in [-0.4, -0.2) is 34.8 Å². The molecule has 0 radical (unpaired) electrons. The van der Waals surface area contributed by atoms with Crippen LogP contribution in [0.2, 0.25) is 0 Å². The molecule has 0 saturated carbocycles. The summed E-state index contributed by atoms with van der Waals surface area (Å²) in [5, 5.41) is 0. The minimum atomic E-state index is -0.234. The molecule has 0 N–H and O–H groups in total. The molecule has 0 aromatic heterocycles. The number of amides is 2. The van der Waals surface area contributed by atoms with E-state index in [0.717, 1.165) is 11.5 Å². The highest BCUT2D eigenvalue weighted by Crippen LogP contribution is 2.21. The molecule has 0 fully saturated rings. The lowest BCUT2D eigenvalue weighted by Gasteiger charge is -2.08. The average Bonchev–Trinajstić information content (AvgIpc) is 2.78. The van der Waals surface area contributed by atoms with Gasteiger partial charge in [0.2, 0.25) is 0 Å². The number of imide groups is 1. The molecule has 1 aromatic rings. The Morgan fingerprint density at radius 1 is 1.00 bits per heavy atom. The Hall–Kier alpha value is -1.73. The molecule has 4 heteroatoms. The summed E-state index contributed by atoms with van der Waals surface area (Å²) >= 11 is 1.81. The van der Waals surface area contributed by atoms with Crippen LogP contribution in [0.1, 0.15) is 53.3 Å². The van der Waals surface area contributed by atoms with Crippen molar-refractivity contribution in [2.24, 2.45) is 0 Å². The number of nitrogens with zero attached hydrogens (tertiary/aromatic N) is 1. The molecule has 0 saturated heterocycles. The van der Waals surface area contributed by atoms with Crippen molar-refractivity contribution in [3.05, 3.63) is 35.4 Å². The molecule has 0 unspecified atom stereocenters. The number of thioether (sulfide) groups is 1. The first-order valence-corrected chi connectivity index (χ1v) is 8.90. The predicted molar refractivity (Wildman–Crippen MR) is 91.1 cm³/mol. The van der Waals surface area contributed by atoms with Crippen LogP contribution in [0, 0.1) is 11.8 Å². The Kier molecular flexibility index (Phi) is 6.54. The van der Waals surface area contributed by atoms with Gasteiger partial charge < -0.3 is 0 Å². The maximum atomic E-state index is 12.1. The van der Waals surface area contributed by atoms with Gasteiger partial charge in [0.15, 0.2) is 0 Å². The van der Waals surface area contributed by atoms with E-state index < -0.39 is 0 Å². The lowest BCUT2D eigenvalue weighted by Crippen LogP contribution is -2.30. The number of carbonyl (C=O) groups excluding carboxylic acids is 2. The summed E-state index contributed by atoms with van der Waals surface area (Å²) < 4.78 is 0. The van der Waals surface area contributed by atoms with Crippen molar-refractivity contribution < 1.29 is 9.59 Å². The maximum absolute atomic E-state index is 12.1. The summed E-state index contributed by atoms with van der Waals surface area (Å²) in [4.78, 5) is 25.4. The molecule has 0 spiro atoms. The zero-order valence-corrected chi connectivity index (χ0v) is 13.7. The monoisotopic (exact) mass is 315 g/mol. The number of benzene rings is 1. The van der Waals surface area contributed by atoms with Gasteiger partial charge in [-0.05, 0) is 24.3 Å². The second kappa shape index (κ2) is 8.65. The van der Waals surface area contributed by atoms with Crippen molar-refractivity contribution >= 4 is 23.6 Å². The fraction of sp³-hybridized carbons (Fsp3) is 0.444. The standard InChI is InChI=1S/C18H21NO2S/c1-2-3-4-8-13-22-14-9-7-12-19-17(20)15-10-5-6-11-16(15)18(19)21/h5-6,10-11H,2-4,8,12-14H2,1H3. The van der Waals surface area contributed by atoms with E-state index in [4.69, 9.17) is 0 Å². The first-order valence-electron chi connectivity index (χ1n) is 7.74. The summed E-state index contributed by atoms with van der Waals surface area (Å²) in [6.07, 6.45) is 5.07. The van der Waals surface area contributed by atoms with Crippen LogP contribution in [0.3, 0.4) is 0 Å². The fourth-order valence-electron chi connectivity index (χ4n) is 2.32. The van der Waals surface area contributed by atoms with Gasteiger partial charge in [-0.25, -0.2) is 0 Å². The van der Waals surface area contributed by atoms with E-state index in [-0.39, 0.29) is 18.4 Å². The largest absolute Gasteiger partial charge is 0.269 e. The van der Waals surface area contributed by atoms with E-state index in [1.807, 2.05) is 11.8 Å². The molecule has 2 rings (SSSR count). The van der Waals surface area contributed by atoms with Crippen molar-refractivity contribution in [1.29, 1.82) is 0 Å². The highest BCUT2D eigenvalue weighted by atomic mass is 32.2. The third kappa shape index (κ3) is 4.14. The number of rotatable bonds is 7. The third-order valence-corrected chi connectivity index (χ3v) is 4.48. The Bertz CT molecular complexity index is 566. The minimum absolute atomic E-state index is 0.183. The molecule has 0 atom stereocenters. The van der Waals surface area contributed by atoms with Gasteiger partial charge in [0.1, 0.15) is 0 Å². The van der Waals surface area contributed by atoms with Gasteiger partial charge in [-0.3, -0.25) is 14.5 Å². The first kappa shape index (κ1) is 16.6. The normalized spacial score (nSPS) is 13.0. The quantitative estimate of drug-likeness (QED) is 0.438. The summed E-state index contributed by atoms with van der Waals surface area (Å²) in [7, 11) is 0. The number of fused-ring (bicyclic) bond motifs is 1. The van der Waals surface area contributed by atoms with Crippen molar-refractivity contribution in [2.75, 3.05) is 18.1 Å². The number of hydrogen-bond acceptors (Lipinski definition) is 3. The highest BCUT2D eigenvalue weighted by molar-refractivity contribution is 7.99. The topological polar surface area (TPSA) is 37.4 Å². The molecule has 0 aliphatic carbocycles. The van der Waals surface area contributed by atoms with Crippen LogP contribution in [0.4, 0.5) is 0 Å². The zero-order valence-electron chi connectivity index (χ0n) is 12.9. The molecule has 1 aliphatic rings. The fourth-order valence-corrected chi connectivity index (χ4v) is 3.08. The Labute approximate surface area is 136 Å². The van der Waals surface area contributed by atoms with Gasteiger partial charge >= 0.3 is 0 Å². The number of carbonyl (C=O) groups is 2. The van der Waals surface area contributed by atoms with Gasteiger partial charge in [-0.15, -0.1) is 11.8 Å². The van der Waals surface area contributed by atoms with E-state index >= 15 is 0 Å². The average molecular weight is 315 g/mol. The van der Waals surface area contributed by atoms with E-state index in [1.54, 1.807) is 24.3 Å². The highest BCUT2D eigenvalue weighted by Gasteiger charge is 2.34. The SMILES string of the molecule is CCCCCCSCC#CCN1C(=O)c2ccccc2C1=O. The van der Waals surface area contributed by atoms with Gasteiger partial charge in [-0.2, -0.15) is 0 Å². The Morgan fingerprint density at radius 3 is 2.32 bits per heavy atom. The lowest BCUT2D eigenvalue weighted by molar-refractivity contribution is 0.0675. The molecule has 116 valence electrons. The molecule has 1 heterocycles. The minimum Gasteiger partial charge on any atom is -0.269 e. The van der Waals surface area contributed by atoms with Crippen LogP contribution in [0.25, 0.3) is 0 Å².